The maximum absolute atomic E-state index is 13.6. The van der Waals surface area contributed by atoms with Crippen molar-refractivity contribution in [2.24, 2.45) is 0 Å². The molecule has 37 heavy (non-hydrogen) atoms. The summed E-state index contributed by atoms with van der Waals surface area (Å²) in [5, 5.41) is 15.2. The molecule has 4 rings (SSSR count). The average Bonchev–Trinajstić information content (AvgIpc) is 3.25. The number of amides is 1. The molecule has 10 heteroatoms. The van der Waals surface area contributed by atoms with Crippen LogP contribution in [0, 0.1) is 12.7 Å². The fourth-order valence-corrected chi connectivity index (χ4v) is 4.00. The molecule has 190 valence electrons. The number of aryl methyl sites for hydroxylation is 1. The second kappa shape index (κ2) is 10.9. The number of hydrogen-bond donors (Lipinski definition) is 3. The Morgan fingerprint density at radius 2 is 1.86 bits per heavy atom. The summed E-state index contributed by atoms with van der Waals surface area (Å²) in [6.07, 6.45) is 1.36. The van der Waals surface area contributed by atoms with Crippen LogP contribution in [0.15, 0.2) is 66.9 Å². The lowest BCUT2D eigenvalue weighted by Gasteiger charge is -2.18. The molecule has 4 aromatic rings. The van der Waals surface area contributed by atoms with E-state index < -0.39 is 29.7 Å². The number of imidazole rings is 1. The number of carboxylic acids is 1. The van der Waals surface area contributed by atoms with Crippen molar-refractivity contribution >= 4 is 29.3 Å². The number of esters is 1. The molecule has 2 heterocycles. The van der Waals surface area contributed by atoms with Crippen molar-refractivity contribution in [3.63, 3.8) is 0 Å². The number of anilines is 1. The van der Waals surface area contributed by atoms with Gasteiger partial charge in [0.1, 0.15) is 23.9 Å². The molecule has 9 nitrogen and oxygen atoms in total. The smallest absolute Gasteiger partial charge is 0.325 e. The molecule has 2 aromatic carbocycles. The zero-order valence-corrected chi connectivity index (χ0v) is 20.2. The van der Waals surface area contributed by atoms with Crippen LogP contribution in [0.2, 0.25) is 0 Å². The number of nitrogens with zero attached hydrogens (tertiary/aromatic N) is 2. The van der Waals surface area contributed by atoms with Crippen molar-refractivity contribution in [2.75, 3.05) is 19.0 Å². The number of benzene rings is 2. The fourth-order valence-electron chi connectivity index (χ4n) is 4.00. The van der Waals surface area contributed by atoms with E-state index in [1.54, 1.807) is 47.0 Å². The van der Waals surface area contributed by atoms with Gasteiger partial charge >= 0.3 is 11.9 Å². The first kappa shape index (κ1) is 25.4. The van der Waals surface area contributed by atoms with Crippen molar-refractivity contribution in [3.8, 4) is 11.3 Å². The second-order valence-electron chi connectivity index (χ2n) is 8.40. The molecule has 1 atom stereocenters. The van der Waals surface area contributed by atoms with Gasteiger partial charge in [-0.15, -0.1) is 0 Å². The Hall–Kier alpha value is -4.73. The van der Waals surface area contributed by atoms with E-state index in [1.807, 2.05) is 19.1 Å². The van der Waals surface area contributed by atoms with E-state index >= 15 is 0 Å². The van der Waals surface area contributed by atoms with Crippen molar-refractivity contribution in [1.82, 2.24) is 14.7 Å². The number of rotatable bonds is 9. The van der Waals surface area contributed by atoms with Gasteiger partial charge in [-0.05, 0) is 48.9 Å². The van der Waals surface area contributed by atoms with Crippen LogP contribution in [-0.2, 0) is 14.3 Å². The van der Waals surface area contributed by atoms with E-state index in [9.17, 15) is 23.9 Å². The van der Waals surface area contributed by atoms with Gasteiger partial charge in [-0.2, -0.15) is 0 Å². The van der Waals surface area contributed by atoms with Crippen LogP contribution in [0.4, 0.5) is 10.2 Å². The monoisotopic (exact) mass is 504 g/mol. The normalized spacial score (nSPS) is 11.6. The highest BCUT2D eigenvalue weighted by molar-refractivity contribution is 6.01. The van der Waals surface area contributed by atoms with Gasteiger partial charge in [0, 0.05) is 11.8 Å². The highest BCUT2D eigenvalue weighted by Crippen LogP contribution is 2.30. The summed E-state index contributed by atoms with van der Waals surface area (Å²) in [5.41, 5.74) is 3.02. The van der Waals surface area contributed by atoms with Crippen molar-refractivity contribution in [2.45, 2.75) is 19.4 Å². The lowest BCUT2D eigenvalue weighted by Crippen LogP contribution is -2.30. The minimum absolute atomic E-state index is 0.164. The van der Waals surface area contributed by atoms with E-state index in [4.69, 9.17) is 4.74 Å². The minimum atomic E-state index is -1.06. The number of hydrogen-bond acceptors (Lipinski definition) is 6. The molecule has 0 bridgehead atoms. The van der Waals surface area contributed by atoms with Crippen molar-refractivity contribution in [1.29, 1.82) is 0 Å². The molecule has 0 aliphatic carbocycles. The van der Waals surface area contributed by atoms with E-state index in [1.165, 1.54) is 19.2 Å². The Bertz CT molecular complexity index is 1470. The van der Waals surface area contributed by atoms with Crippen LogP contribution in [0.1, 0.15) is 33.9 Å². The Kier molecular flexibility index (Phi) is 7.47. The molecule has 0 spiro atoms. The summed E-state index contributed by atoms with van der Waals surface area (Å²) in [4.78, 5) is 41.4. The first-order valence-electron chi connectivity index (χ1n) is 11.4. The predicted molar refractivity (Wildman–Crippen MR) is 135 cm³/mol. The van der Waals surface area contributed by atoms with Gasteiger partial charge in [0.15, 0.2) is 5.65 Å². The Labute approximate surface area is 211 Å². The van der Waals surface area contributed by atoms with Crippen molar-refractivity contribution in [3.05, 3.63) is 89.4 Å². The number of nitrogens with one attached hydrogen (secondary N) is 2. The number of methoxy groups -OCH3 is 1. The molecule has 0 aliphatic heterocycles. The third-order valence-electron chi connectivity index (χ3n) is 5.77. The number of carboxylic acid groups (broad SMARTS) is 1. The highest BCUT2D eigenvalue weighted by atomic mass is 19.1. The van der Waals surface area contributed by atoms with E-state index in [0.717, 1.165) is 5.56 Å². The molecule has 0 aliphatic rings. The number of aromatic nitrogens is 2. The molecule has 1 unspecified atom stereocenters. The average molecular weight is 505 g/mol. The number of halogens is 1. The number of carbonyl (C=O) groups excluding carboxylic acids is 2. The molecule has 0 saturated carbocycles. The van der Waals surface area contributed by atoms with Gasteiger partial charge in [0.25, 0.3) is 5.91 Å². The van der Waals surface area contributed by atoms with Crippen LogP contribution >= 0.6 is 0 Å². The number of carbonyl (C=O) groups is 3. The molecule has 2 aromatic heterocycles. The first-order chi connectivity index (χ1) is 17.8. The number of pyridine rings is 1. The summed E-state index contributed by atoms with van der Waals surface area (Å²) in [7, 11) is 1.27. The summed E-state index contributed by atoms with van der Waals surface area (Å²) < 4.78 is 19.9. The van der Waals surface area contributed by atoms with Gasteiger partial charge in [-0.1, -0.05) is 29.8 Å². The molecule has 0 fully saturated rings. The zero-order chi connectivity index (χ0) is 26.5. The standard InChI is InChI=1S/C27H25FN4O5/c1-16-5-3-6-18(13-16)21(14-22(33)34)30-27(36)20-7-4-12-32-25(20)31-24(17-8-10-19(28)11-9-17)26(32)29-15-23(35)37-2/h3-13,21,29H,14-15H2,1-2H3,(H,30,36)(H,33,34). The molecular weight excluding hydrogens is 479 g/mol. The molecule has 0 saturated heterocycles. The number of ether oxygens (including phenoxy) is 1. The Morgan fingerprint density at radius 1 is 1.11 bits per heavy atom. The fraction of sp³-hybridized carbons (Fsp3) is 0.185. The number of aliphatic carboxylic acids is 1. The predicted octanol–water partition coefficient (Wildman–Crippen LogP) is 3.98. The SMILES string of the molecule is COC(=O)CNc1c(-c2ccc(F)cc2)nc2c(C(=O)NC(CC(=O)O)c3cccc(C)c3)cccn12. The van der Waals surface area contributed by atoms with Crippen LogP contribution in [0.5, 0.6) is 0 Å². The highest BCUT2D eigenvalue weighted by Gasteiger charge is 2.23. The van der Waals surface area contributed by atoms with Gasteiger partial charge in [0.05, 0.1) is 25.1 Å². The third kappa shape index (κ3) is 5.75. The second-order valence-corrected chi connectivity index (χ2v) is 8.40. The van der Waals surface area contributed by atoms with Crippen LogP contribution in [0.25, 0.3) is 16.9 Å². The maximum Gasteiger partial charge on any atom is 0.325 e. The van der Waals surface area contributed by atoms with E-state index in [2.05, 4.69) is 15.6 Å². The zero-order valence-electron chi connectivity index (χ0n) is 20.2. The summed E-state index contributed by atoms with van der Waals surface area (Å²) >= 11 is 0. The number of fused-ring (bicyclic) bond motifs is 1. The molecule has 3 N–H and O–H groups in total. The Balaban J connectivity index is 1.76. The quantitative estimate of drug-likeness (QED) is 0.295. The molecule has 0 radical (unpaired) electrons. The summed E-state index contributed by atoms with van der Waals surface area (Å²) in [6, 6.07) is 15.4. The largest absolute Gasteiger partial charge is 0.481 e. The third-order valence-corrected chi connectivity index (χ3v) is 5.77. The molecular formula is C27H25FN4O5. The van der Waals surface area contributed by atoms with Gasteiger partial charge in [0.2, 0.25) is 0 Å². The van der Waals surface area contributed by atoms with Gasteiger partial charge in [-0.3, -0.25) is 18.8 Å². The summed E-state index contributed by atoms with van der Waals surface area (Å²) in [5.74, 6) is -2.10. The van der Waals surface area contributed by atoms with Gasteiger partial charge < -0.3 is 20.5 Å². The minimum Gasteiger partial charge on any atom is -0.481 e. The molecule has 1 amide bonds. The summed E-state index contributed by atoms with van der Waals surface area (Å²) in [6.45, 7) is 1.72. The lowest BCUT2D eigenvalue weighted by molar-refractivity contribution is -0.139. The van der Waals surface area contributed by atoms with Crippen LogP contribution in [-0.4, -0.2) is 46.0 Å². The van der Waals surface area contributed by atoms with E-state index in [0.29, 0.717) is 22.6 Å². The Morgan fingerprint density at radius 3 is 2.54 bits per heavy atom. The lowest BCUT2D eigenvalue weighted by atomic mass is 10.0. The van der Waals surface area contributed by atoms with Gasteiger partial charge in [-0.25, -0.2) is 9.37 Å². The van der Waals surface area contributed by atoms with E-state index in [-0.39, 0.29) is 24.2 Å². The van der Waals surface area contributed by atoms with Crippen LogP contribution in [0.3, 0.4) is 0 Å². The van der Waals surface area contributed by atoms with Crippen LogP contribution < -0.4 is 10.6 Å². The topological polar surface area (TPSA) is 122 Å². The van der Waals surface area contributed by atoms with Crippen molar-refractivity contribution < 1.29 is 28.6 Å². The maximum atomic E-state index is 13.6. The first-order valence-corrected chi connectivity index (χ1v) is 11.4.